The fourth-order valence-corrected chi connectivity index (χ4v) is 5.82. The molecule has 0 aliphatic carbocycles. The van der Waals surface area contributed by atoms with E-state index in [9.17, 15) is 9.59 Å². The van der Waals surface area contributed by atoms with Crippen molar-refractivity contribution in [3.05, 3.63) is 34.7 Å². The standard InChI is InChI=1S/C19H21N3O2S2/c1-11-4-5-12(2)13(8-11)14-9-25-18(20-14)21-17(24)15-10-26-19(3)7-6-16(23)22(15)19/h4-5,8-9,15H,6-7,10H2,1-3H3,(H,20,21,24). The Morgan fingerprint density at radius 3 is 3.00 bits per heavy atom. The number of rotatable bonds is 3. The monoisotopic (exact) mass is 387 g/mol. The lowest BCUT2D eigenvalue weighted by atomic mass is 10.0. The molecule has 0 spiro atoms. The number of amides is 2. The lowest BCUT2D eigenvalue weighted by Gasteiger charge is -2.29. The number of nitrogens with one attached hydrogen (secondary N) is 1. The summed E-state index contributed by atoms with van der Waals surface area (Å²) in [4.78, 5) is 31.1. The summed E-state index contributed by atoms with van der Waals surface area (Å²) in [6.07, 6.45) is 1.34. The summed E-state index contributed by atoms with van der Waals surface area (Å²) >= 11 is 3.12. The van der Waals surface area contributed by atoms with Gasteiger partial charge in [-0.3, -0.25) is 9.59 Å². The van der Waals surface area contributed by atoms with E-state index in [1.54, 1.807) is 16.7 Å². The first-order valence-electron chi connectivity index (χ1n) is 8.67. The second-order valence-corrected chi connectivity index (χ2v) is 9.47. The first kappa shape index (κ1) is 17.5. The summed E-state index contributed by atoms with van der Waals surface area (Å²) in [6, 6.07) is 5.86. The van der Waals surface area contributed by atoms with Crippen molar-refractivity contribution in [1.29, 1.82) is 0 Å². The number of hydrogen-bond donors (Lipinski definition) is 1. The molecule has 2 fully saturated rings. The smallest absolute Gasteiger partial charge is 0.249 e. The summed E-state index contributed by atoms with van der Waals surface area (Å²) in [5.74, 6) is 0.578. The number of nitrogens with zero attached hydrogens (tertiary/aromatic N) is 2. The molecule has 0 radical (unpaired) electrons. The van der Waals surface area contributed by atoms with Crippen molar-refractivity contribution in [2.24, 2.45) is 0 Å². The predicted molar refractivity (Wildman–Crippen MR) is 106 cm³/mol. The Labute approximate surface area is 161 Å². The number of fused-ring (bicyclic) bond motifs is 1. The van der Waals surface area contributed by atoms with Gasteiger partial charge in [-0.05, 0) is 38.8 Å². The molecule has 0 bridgehead atoms. The highest BCUT2D eigenvalue weighted by atomic mass is 32.2. The Kier molecular flexibility index (Phi) is 4.31. The van der Waals surface area contributed by atoms with Crippen LogP contribution in [0.3, 0.4) is 0 Å². The highest BCUT2D eigenvalue weighted by Crippen LogP contribution is 2.47. The molecule has 1 aromatic heterocycles. The van der Waals surface area contributed by atoms with Crippen LogP contribution in [0, 0.1) is 13.8 Å². The van der Waals surface area contributed by atoms with Crippen molar-refractivity contribution in [1.82, 2.24) is 9.88 Å². The summed E-state index contributed by atoms with van der Waals surface area (Å²) in [5, 5.41) is 5.46. The average molecular weight is 388 g/mol. The van der Waals surface area contributed by atoms with Gasteiger partial charge in [-0.15, -0.1) is 23.1 Å². The third-order valence-corrected chi connectivity index (χ3v) is 7.41. The topological polar surface area (TPSA) is 62.3 Å². The van der Waals surface area contributed by atoms with Crippen LogP contribution >= 0.6 is 23.1 Å². The van der Waals surface area contributed by atoms with Crippen molar-refractivity contribution < 1.29 is 9.59 Å². The maximum Gasteiger partial charge on any atom is 0.249 e. The second kappa shape index (κ2) is 6.39. The number of benzene rings is 1. The number of hydrogen-bond acceptors (Lipinski definition) is 5. The Hall–Kier alpha value is -1.86. The Balaban J connectivity index is 1.52. The maximum absolute atomic E-state index is 12.8. The third-order valence-electron chi connectivity index (χ3n) is 5.15. The van der Waals surface area contributed by atoms with Crippen LogP contribution in [-0.2, 0) is 9.59 Å². The van der Waals surface area contributed by atoms with Gasteiger partial charge >= 0.3 is 0 Å². The fraction of sp³-hybridized carbons (Fsp3) is 0.421. The molecule has 4 rings (SSSR count). The summed E-state index contributed by atoms with van der Waals surface area (Å²) in [5.41, 5.74) is 4.29. The van der Waals surface area contributed by atoms with Crippen LogP contribution in [-0.4, -0.2) is 38.4 Å². The van der Waals surface area contributed by atoms with Crippen LogP contribution in [0.2, 0.25) is 0 Å². The summed E-state index contributed by atoms with van der Waals surface area (Å²) in [6.45, 7) is 6.17. The SMILES string of the molecule is Cc1ccc(C)c(-c2csc(NC(=O)C3CSC4(C)CCC(=O)N34)n2)c1. The van der Waals surface area contributed by atoms with E-state index in [1.807, 2.05) is 5.38 Å². The Bertz CT molecular complexity index is 895. The molecule has 1 aromatic carbocycles. The van der Waals surface area contributed by atoms with E-state index in [-0.39, 0.29) is 16.7 Å². The number of aromatic nitrogens is 1. The average Bonchev–Trinajstić information content (AvgIpc) is 3.26. The van der Waals surface area contributed by atoms with E-state index in [0.29, 0.717) is 17.3 Å². The van der Waals surface area contributed by atoms with Crippen molar-refractivity contribution in [2.45, 2.75) is 44.5 Å². The first-order chi connectivity index (χ1) is 12.4. The highest BCUT2D eigenvalue weighted by Gasteiger charge is 2.52. The molecule has 136 valence electrons. The molecule has 0 saturated carbocycles. The van der Waals surface area contributed by atoms with E-state index in [0.717, 1.165) is 23.2 Å². The number of thioether (sulfide) groups is 1. The van der Waals surface area contributed by atoms with E-state index in [2.05, 4.69) is 49.3 Å². The van der Waals surface area contributed by atoms with Gasteiger partial charge < -0.3 is 10.2 Å². The van der Waals surface area contributed by atoms with Gasteiger partial charge in [-0.25, -0.2) is 4.98 Å². The van der Waals surface area contributed by atoms with Gasteiger partial charge in [0.2, 0.25) is 11.8 Å². The molecule has 2 aromatic rings. The molecular weight excluding hydrogens is 366 g/mol. The van der Waals surface area contributed by atoms with Crippen molar-refractivity contribution in [2.75, 3.05) is 11.1 Å². The van der Waals surface area contributed by atoms with Gasteiger partial charge in [-0.1, -0.05) is 17.7 Å². The zero-order chi connectivity index (χ0) is 18.5. The largest absolute Gasteiger partial charge is 0.315 e. The number of anilines is 1. The van der Waals surface area contributed by atoms with Crippen LogP contribution in [0.25, 0.3) is 11.3 Å². The van der Waals surface area contributed by atoms with E-state index in [4.69, 9.17) is 0 Å². The minimum atomic E-state index is -0.409. The Morgan fingerprint density at radius 1 is 1.38 bits per heavy atom. The zero-order valence-electron chi connectivity index (χ0n) is 15.0. The van der Waals surface area contributed by atoms with Crippen LogP contribution in [0.4, 0.5) is 5.13 Å². The molecule has 2 saturated heterocycles. The molecular formula is C19H21N3O2S2. The van der Waals surface area contributed by atoms with Crippen LogP contribution in [0.5, 0.6) is 0 Å². The normalized spacial score (nSPS) is 24.8. The lowest BCUT2D eigenvalue weighted by molar-refractivity contribution is -0.135. The lowest BCUT2D eigenvalue weighted by Crippen LogP contribution is -2.48. The molecule has 2 unspecified atom stereocenters. The molecule has 2 aliphatic rings. The molecule has 5 nitrogen and oxygen atoms in total. The molecule has 2 aliphatic heterocycles. The van der Waals surface area contributed by atoms with Gasteiger partial charge in [0, 0.05) is 23.1 Å². The number of thiazole rings is 1. The summed E-state index contributed by atoms with van der Waals surface area (Å²) < 4.78 is 0. The van der Waals surface area contributed by atoms with Gasteiger partial charge in [0.25, 0.3) is 0 Å². The van der Waals surface area contributed by atoms with E-state index >= 15 is 0 Å². The van der Waals surface area contributed by atoms with Gasteiger partial charge in [0.05, 0.1) is 10.6 Å². The van der Waals surface area contributed by atoms with Crippen LogP contribution in [0.15, 0.2) is 23.6 Å². The number of aryl methyl sites for hydroxylation is 2. The minimum Gasteiger partial charge on any atom is -0.315 e. The molecule has 1 N–H and O–H groups in total. The molecule has 3 heterocycles. The third kappa shape index (κ3) is 2.93. The van der Waals surface area contributed by atoms with Gasteiger partial charge in [0.1, 0.15) is 6.04 Å². The molecule has 26 heavy (non-hydrogen) atoms. The van der Waals surface area contributed by atoms with Crippen LogP contribution in [0.1, 0.15) is 30.9 Å². The van der Waals surface area contributed by atoms with E-state index in [1.165, 1.54) is 16.9 Å². The van der Waals surface area contributed by atoms with Crippen molar-refractivity contribution in [3.63, 3.8) is 0 Å². The quantitative estimate of drug-likeness (QED) is 0.870. The van der Waals surface area contributed by atoms with Crippen molar-refractivity contribution >= 4 is 40.0 Å². The maximum atomic E-state index is 12.8. The number of carbonyl (C=O) groups excluding carboxylic acids is 2. The van der Waals surface area contributed by atoms with Gasteiger partial charge in [-0.2, -0.15) is 0 Å². The highest BCUT2D eigenvalue weighted by molar-refractivity contribution is 8.01. The molecule has 2 amide bonds. The second-order valence-electron chi connectivity index (χ2n) is 7.11. The first-order valence-corrected chi connectivity index (χ1v) is 10.5. The predicted octanol–water partition coefficient (Wildman–Crippen LogP) is 3.82. The minimum absolute atomic E-state index is 0.0767. The zero-order valence-corrected chi connectivity index (χ0v) is 16.7. The van der Waals surface area contributed by atoms with E-state index < -0.39 is 6.04 Å². The molecule has 2 atom stereocenters. The van der Waals surface area contributed by atoms with Crippen molar-refractivity contribution in [3.8, 4) is 11.3 Å². The van der Waals surface area contributed by atoms with Crippen LogP contribution < -0.4 is 5.32 Å². The van der Waals surface area contributed by atoms with Gasteiger partial charge in [0.15, 0.2) is 5.13 Å². The summed E-state index contributed by atoms with van der Waals surface area (Å²) in [7, 11) is 0. The Morgan fingerprint density at radius 2 is 2.19 bits per heavy atom. The molecule has 7 heteroatoms. The number of carbonyl (C=O) groups is 2. The fourth-order valence-electron chi connectivity index (χ4n) is 3.67.